The van der Waals surface area contributed by atoms with Gasteiger partial charge in [-0.25, -0.2) is 4.79 Å². The molecule has 0 aliphatic carbocycles. The molecule has 2 unspecified atom stereocenters. The molecule has 2 fully saturated rings. The molecular weight excluding hydrogens is 272 g/mol. The highest BCUT2D eigenvalue weighted by atomic mass is 16.6. The fourth-order valence-corrected chi connectivity index (χ4v) is 2.67. The van der Waals surface area contributed by atoms with Crippen molar-refractivity contribution < 1.29 is 19.1 Å². The molecular formula is C15H24N2O4. The molecule has 0 aromatic heterocycles. The van der Waals surface area contributed by atoms with Crippen LogP contribution in [0.4, 0.5) is 4.79 Å². The number of carbonyl (C=O) groups excluding carboxylic acids is 2. The topological polar surface area (TPSA) is 59.1 Å². The highest BCUT2D eigenvalue weighted by molar-refractivity contribution is 5.99. The standard InChI is InChI=1S/C15H24N2O4/c1-15(2,3)21-14(19)17-10-6-13(18)11(7-16(4)5)12(17)9-20-8-10/h7,10,12H,6,8-9H2,1-5H3. The molecule has 2 aliphatic rings. The number of nitrogens with zero attached hydrogens (tertiary/aromatic N) is 2. The number of rotatable bonds is 1. The summed E-state index contributed by atoms with van der Waals surface area (Å²) in [5.41, 5.74) is 0.0564. The second-order valence-electron chi connectivity index (χ2n) is 6.77. The van der Waals surface area contributed by atoms with Crippen LogP contribution in [0, 0.1) is 0 Å². The smallest absolute Gasteiger partial charge is 0.411 e. The number of amides is 1. The summed E-state index contributed by atoms with van der Waals surface area (Å²) in [7, 11) is 3.71. The summed E-state index contributed by atoms with van der Waals surface area (Å²) in [6.07, 6.45) is 1.68. The third kappa shape index (κ3) is 3.56. The number of ether oxygens (including phenoxy) is 2. The zero-order chi connectivity index (χ0) is 15.8. The number of piperidine rings is 1. The van der Waals surface area contributed by atoms with Gasteiger partial charge < -0.3 is 14.4 Å². The fourth-order valence-electron chi connectivity index (χ4n) is 2.67. The lowest BCUT2D eigenvalue weighted by Crippen LogP contribution is -2.61. The molecule has 0 aromatic rings. The highest BCUT2D eigenvalue weighted by Gasteiger charge is 2.45. The van der Waals surface area contributed by atoms with Crippen molar-refractivity contribution in [1.29, 1.82) is 0 Å². The van der Waals surface area contributed by atoms with E-state index < -0.39 is 5.60 Å². The predicted molar refractivity (Wildman–Crippen MR) is 77.9 cm³/mol. The maximum absolute atomic E-state index is 12.5. The zero-order valence-corrected chi connectivity index (χ0v) is 13.4. The van der Waals surface area contributed by atoms with Crippen molar-refractivity contribution in [3.63, 3.8) is 0 Å². The fraction of sp³-hybridized carbons (Fsp3) is 0.733. The van der Waals surface area contributed by atoms with E-state index in [0.29, 0.717) is 18.8 Å². The predicted octanol–water partition coefficient (Wildman–Crippen LogP) is 1.41. The van der Waals surface area contributed by atoms with Crippen LogP contribution in [0.1, 0.15) is 27.2 Å². The van der Waals surface area contributed by atoms with Gasteiger partial charge in [0.15, 0.2) is 5.78 Å². The average Bonchev–Trinajstić information content (AvgIpc) is 2.31. The molecule has 2 bridgehead atoms. The van der Waals surface area contributed by atoms with Gasteiger partial charge in [0.05, 0.1) is 25.3 Å². The van der Waals surface area contributed by atoms with Crippen LogP contribution < -0.4 is 0 Å². The van der Waals surface area contributed by atoms with Crippen LogP contribution in [0.15, 0.2) is 11.8 Å². The Balaban J connectivity index is 2.28. The second kappa shape index (κ2) is 5.67. The zero-order valence-electron chi connectivity index (χ0n) is 13.4. The Morgan fingerprint density at radius 1 is 1.38 bits per heavy atom. The molecule has 2 saturated heterocycles. The van der Waals surface area contributed by atoms with Gasteiger partial charge in [-0.3, -0.25) is 9.69 Å². The minimum absolute atomic E-state index is 0.0850. The molecule has 0 aromatic carbocycles. The first-order chi connectivity index (χ1) is 9.69. The number of ketones is 1. The monoisotopic (exact) mass is 296 g/mol. The van der Waals surface area contributed by atoms with Gasteiger partial charge in [-0.05, 0) is 20.8 Å². The van der Waals surface area contributed by atoms with E-state index in [-0.39, 0.29) is 30.4 Å². The van der Waals surface area contributed by atoms with E-state index >= 15 is 0 Å². The molecule has 0 spiro atoms. The van der Waals surface area contributed by atoms with Crippen molar-refractivity contribution in [2.24, 2.45) is 0 Å². The summed E-state index contributed by atoms with van der Waals surface area (Å²) in [5, 5.41) is 0. The van der Waals surface area contributed by atoms with E-state index in [4.69, 9.17) is 9.47 Å². The van der Waals surface area contributed by atoms with Crippen LogP contribution in [-0.4, -0.2) is 66.7 Å². The van der Waals surface area contributed by atoms with Crippen LogP contribution in [0.3, 0.4) is 0 Å². The van der Waals surface area contributed by atoms with Crippen molar-refractivity contribution in [1.82, 2.24) is 9.80 Å². The maximum atomic E-state index is 12.5. The van der Waals surface area contributed by atoms with Gasteiger partial charge in [0, 0.05) is 32.3 Å². The number of morpholine rings is 1. The molecule has 118 valence electrons. The van der Waals surface area contributed by atoms with Crippen molar-refractivity contribution in [3.05, 3.63) is 11.8 Å². The molecule has 6 heteroatoms. The summed E-state index contributed by atoms with van der Waals surface area (Å²) in [6, 6.07) is -0.590. The van der Waals surface area contributed by atoms with Crippen LogP contribution in [0.25, 0.3) is 0 Å². The first kappa shape index (κ1) is 15.8. The Hall–Kier alpha value is -1.56. The quantitative estimate of drug-likeness (QED) is 0.685. The minimum Gasteiger partial charge on any atom is -0.444 e. The molecule has 0 radical (unpaired) electrons. The van der Waals surface area contributed by atoms with Gasteiger partial charge in [-0.15, -0.1) is 0 Å². The van der Waals surface area contributed by atoms with Gasteiger partial charge in [-0.2, -0.15) is 0 Å². The van der Waals surface area contributed by atoms with E-state index in [0.717, 1.165) is 0 Å². The molecule has 6 nitrogen and oxygen atoms in total. The van der Waals surface area contributed by atoms with E-state index in [9.17, 15) is 9.59 Å². The largest absolute Gasteiger partial charge is 0.444 e. The second-order valence-corrected chi connectivity index (χ2v) is 6.77. The van der Waals surface area contributed by atoms with Gasteiger partial charge in [-0.1, -0.05) is 0 Å². The van der Waals surface area contributed by atoms with E-state index in [1.54, 1.807) is 11.1 Å². The van der Waals surface area contributed by atoms with Gasteiger partial charge >= 0.3 is 6.09 Å². The molecule has 2 atom stereocenters. The third-order valence-electron chi connectivity index (χ3n) is 3.42. The lowest BCUT2D eigenvalue weighted by molar-refractivity contribution is -0.126. The number of Topliss-reactive ketones (excluding diaryl/α,β-unsaturated/α-hetero) is 1. The van der Waals surface area contributed by atoms with E-state index in [2.05, 4.69) is 0 Å². The Labute approximate surface area is 125 Å². The van der Waals surface area contributed by atoms with Crippen molar-refractivity contribution >= 4 is 11.9 Å². The normalized spacial score (nSPS) is 27.8. The molecule has 2 heterocycles. The Morgan fingerprint density at radius 2 is 2.05 bits per heavy atom. The average molecular weight is 296 g/mol. The van der Waals surface area contributed by atoms with Gasteiger partial charge in [0.25, 0.3) is 0 Å². The summed E-state index contributed by atoms with van der Waals surface area (Å²) >= 11 is 0. The molecule has 2 rings (SSSR count). The van der Waals surface area contributed by atoms with Crippen LogP contribution in [-0.2, 0) is 14.3 Å². The molecule has 2 aliphatic heterocycles. The van der Waals surface area contributed by atoms with Gasteiger partial charge in [0.2, 0.25) is 0 Å². The SMILES string of the molecule is CN(C)C=C1C(=O)CC2COCC1N2C(=O)OC(C)(C)C. The van der Waals surface area contributed by atoms with Crippen LogP contribution >= 0.6 is 0 Å². The molecule has 1 amide bonds. The van der Waals surface area contributed by atoms with Crippen molar-refractivity contribution in [3.8, 4) is 0 Å². The van der Waals surface area contributed by atoms with E-state index in [1.807, 2.05) is 39.8 Å². The summed E-state index contributed by atoms with van der Waals surface area (Å²) < 4.78 is 11.0. The first-order valence-electron chi connectivity index (χ1n) is 7.19. The lowest BCUT2D eigenvalue weighted by atomic mass is 9.89. The van der Waals surface area contributed by atoms with Crippen molar-refractivity contribution in [2.45, 2.75) is 44.9 Å². The highest BCUT2D eigenvalue weighted by Crippen LogP contribution is 2.31. The summed E-state index contributed by atoms with van der Waals surface area (Å²) in [6.45, 7) is 6.23. The molecule has 0 N–H and O–H groups in total. The van der Waals surface area contributed by atoms with E-state index in [1.165, 1.54) is 0 Å². The lowest BCUT2D eigenvalue weighted by Gasteiger charge is -2.46. The maximum Gasteiger partial charge on any atom is 0.411 e. The third-order valence-corrected chi connectivity index (χ3v) is 3.42. The first-order valence-corrected chi connectivity index (χ1v) is 7.19. The number of carbonyl (C=O) groups is 2. The molecule has 21 heavy (non-hydrogen) atoms. The van der Waals surface area contributed by atoms with Crippen LogP contribution in [0.2, 0.25) is 0 Å². The Kier molecular flexibility index (Phi) is 4.27. The minimum atomic E-state index is -0.556. The van der Waals surface area contributed by atoms with Gasteiger partial charge in [0.1, 0.15) is 5.60 Å². The number of hydrogen-bond acceptors (Lipinski definition) is 5. The number of fused-ring (bicyclic) bond motifs is 2. The Morgan fingerprint density at radius 3 is 2.62 bits per heavy atom. The summed E-state index contributed by atoms with van der Waals surface area (Å²) in [5.74, 6) is 0.0850. The van der Waals surface area contributed by atoms with Crippen LogP contribution in [0.5, 0.6) is 0 Å². The Bertz CT molecular complexity index is 465. The summed E-state index contributed by atoms with van der Waals surface area (Å²) in [4.78, 5) is 28.2. The number of hydrogen-bond donors (Lipinski definition) is 0. The van der Waals surface area contributed by atoms with Crippen molar-refractivity contribution in [2.75, 3.05) is 27.3 Å². The molecule has 0 saturated carbocycles.